The SMILES string of the molecule is N#CC(CSc1ccc(Cl)c(Cl)c1)NC1CC1. The maximum atomic E-state index is 9.01. The number of rotatable bonds is 5. The summed E-state index contributed by atoms with van der Waals surface area (Å²) in [6.45, 7) is 0. The van der Waals surface area contributed by atoms with E-state index in [0.29, 0.717) is 16.1 Å². The van der Waals surface area contributed by atoms with Crippen molar-refractivity contribution in [2.24, 2.45) is 0 Å². The van der Waals surface area contributed by atoms with Gasteiger partial charge in [0.2, 0.25) is 0 Å². The molecule has 1 aromatic rings. The van der Waals surface area contributed by atoms with Gasteiger partial charge in [0.05, 0.1) is 16.1 Å². The van der Waals surface area contributed by atoms with Crippen molar-refractivity contribution in [3.63, 3.8) is 0 Å². The van der Waals surface area contributed by atoms with E-state index >= 15 is 0 Å². The number of benzene rings is 1. The van der Waals surface area contributed by atoms with E-state index in [2.05, 4.69) is 11.4 Å². The van der Waals surface area contributed by atoms with Crippen LogP contribution in [0.4, 0.5) is 0 Å². The summed E-state index contributed by atoms with van der Waals surface area (Å²) in [6.07, 6.45) is 2.38. The highest BCUT2D eigenvalue weighted by Crippen LogP contribution is 2.28. The zero-order valence-corrected chi connectivity index (χ0v) is 11.4. The minimum absolute atomic E-state index is 0.0954. The van der Waals surface area contributed by atoms with Crippen molar-refractivity contribution in [2.75, 3.05) is 5.75 Å². The van der Waals surface area contributed by atoms with Gasteiger partial charge in [-0.1, -0.05) is 23.2 Å². The van der Waals surface area contributed by atoms with Crippen molar-refractivity contribution in [2.45, 2.75) is 29.8 Å². The van der Waals surface area contributed by atoms with E-state index in [9.17, 15) is 0 Å². The summed E-state index contributed by atoms with van der Waals surface area (Å²) in [5.74, 6) is 0.727. The number of halogens is 2. The maximum Gasteiger partial charge on any atom is 0.105 e. The summed E-state index contributed by atoms with van der Waals surface area (Å²) < 4.78 is 0. The minimum atomic E-state index is -0.0954. The highest BCUT2D eigenvalue weighted by molar-refractivity contribution is 7.99. The standard InChI is InChI=1S/C12H12Cl2N2S/c13-11-4-3-10(5-12(11)14)17-7-9(6-15)16-8-1-2-8/h3-5,8-9,16H,1-2,7H2. The average Bonchev–Trinajstić information content (AvgIpc) is 3.12. The van der Waals surface area contributed by atoms with Crippen molar-refractivity contribution in [3.8, 4) is 6.07 Å². The van der Waals surface area contributed by atoms with Crippen molar-refractivity contribution >= 4 is 35.0 Å². The number of nitrogens with zero attached hydrogens (tertiary/aromatic N) is 1. The summed E-state index contributed by atoms with van der Waals surface area (Å²) >= 11 is 13.4. The molecule has 1 saturated carbocycles. The van der Waals surface area contributed by atoms with Gasteiger partial charge in [0.15, 0.2) is 0 Å². The van der Waals surface area contributed by atoms with Crippen LogP contribution in [0.15, 0.2) is 23.1 Å². The molecular formula is C12H12Cl2N2S. The highest BCUT2D eigenvalue weighted by atomic mass is 35.5. The van der Waals surface area contributed by atoms with Gasteiger partial charge in [-0.05, 0) is 31.0 Å². The van der Waals surface area contributed by atoms with Gasteiger partial charge < -0.3 is 0 Å². The Morgan fingerprint density at radius 3 is 2.76 bits per heavy atom. The molecule has 0 radical (unpaired) electrons. The van der Waals surface area contributed by atoms with E-state index in [0.717, 1.165) is 10.6 Å². The molecule has 5 heteroatoms. The first-order valence-electron chi connectivity index (χ1n) is 5.42. The number of nitrogens with one attached hydrogen (secondary N) is 1. The Hall–Kier alpha value is -0.400. The molecule has 1 fully saturated rings. The predicted octanol–water partition coefficient (Wildman–Crippen LogP) is 3.73. The van der Waals surface area contributed by atoms with Gasteiger partial charge in [0.25, 0.3) is 0 Å². The molecule has 1 unspecified atom stereocenters. The molecule has 0 saturated heterocycles. The van der Waals surface area contributed by atoms with E-state index in [1.807, 2.05) is 12.1 Å². The smallest absolute Gasteiger partial charge is 0.105 e. The van der Waals surface area contributed by atoms with Crippen LogP contribution in [0, 0.1) is 11.3 Å². The Balaban J connectivity index is 1.87. The van der Waals surface area contributed by atoms with Gasteiger partial charge in [-0.25, -0.2) is 0 Å². The molecule has 1 atom stereocenters. The lowest BCUT2D eigenvalue weighted by molar-refractivity contribution is 0.644. The Labute approximate surface area is 115 Å². The molecule has 0 aromatic heterocycles. The third-order valence-corrected chi connectivity index (χ3v) is 4.30. The van der Waals surface area contributed by atoms with Crippen LogP contribution < -0.4 is 5.32 Å². The van der Waals surface area contributed by atoms with Gasteiger partial charge >= 0.3 is 0 Å². The van der Waals surface area contributed by atoms with Crippen LogP contribution in [0.1, 0.15) is 12.8 Å². The normalized spacial score (nSPS) is 16.5. The molecule has 17 heavy (non-hydrogen) atoms. The first-order chi connectivity index (χ1) is 8.19. The lowest BCUT2D eigenvalue weighted by atomic mass is 10.3. The van der Waals surface area contributed by atoms with Crippen LogP contribution in [0.25, 0.3) is 0 Å². The Morgan fingerprint density at radius 2 is 2.18 bits per heavy atom. The number of hydrogen-bond acceptors (Lipinski definition) is 3. The number of nitriles is 1. The molecule has 90 valence electrons. The van der Waals surface area contributed by atoms with Gasteiger partial charge in [0.1, 0.15) is 6.04 Å². The predicted molar refractivity (Wildman–Crippen MR) is 72.7 cm³/mol. The molecule has 1 N–H and O–H groups in total. The molecule has 0 amide bonds. The Kier molecular flexibility index (Phi) is 4.58. The van der Waals surface area contributed by atoms with Gasteiger partial charge in [-0.3, -0.25) is 5.32 Å². The summed E-state index contributed by atoms with van der Waals surface area (Å²) in [4.78, 5) is 1.04. The molecule has 2 nitrogen and oxygen atoms in total. The molecule has 0 bridgehead atoms. The largest absolute Gasteiger partial charge is 0.298 e. The third kappa shape index (κ3) is 4.08. The van der Waals surface area contributed by atoms with E-state index in [-0.39, 0.29) is 6.04 Å². The molecule has 2 rings (SSSR count). The summed E-state index contributed by atoms with van der Waals surface area (Å²) in [5, 5.41) is 13.4. The second-order valence-corrected chi connectivity index (χ2v) is 5.92. The van der Waals surface area contributed by atoms with E-state index in [1.54, 1.807) is 17.8 Å². The van der Waals surface area contributed by atoms with Crippen molar-refractivity contribution in [1.82, 2.24) is 5.32 Å². The van der Waals surface area contributed by atoms with Crippen molar-refractivity contribution in [1.29, 1.82) is 5.26 Å². The van der Waals surface area contributed by atoms with Crippen LogP contribution in [0.3, 0.4) is 0 Å². The van der Waals surface area contributed by atoms with Gasteiger partial charge in [-0.15, -0.1) is 11.8 Å². The topological polar surface area (TPSA) is 35.8 Å². The molecule has 0 spiro atoms. The average molecular weight is 287 g/mol. The molecule has 0 aliphatic heterocycles. The molecule has 1 aliphatic carbocycles. The van der Waals surface area contributed by atoms with Crippen molar-refractivity contribution < 1.29 is 0 Å². The first-order valence-corrected chi connectivity index (χ1v) is 7.16. The van der Waals surface area contributed by atoms with Crippen LogP contribution in [0.2, 0.25) is 10.0 Å². The van der Waals surface area contributed by atoms with Crippen LogP contribution in [-0.2, 0) is 0 Å². The zero-order chi connectivity index (χ0) is 12.3. The Bertz CT molecular complexity index is 441. The van der Waals surface area contributed by atoms with Crippen LogP contribution in [0.5, 0.6) is 0 Å². The maximum absolute atomic E-state index is 9.01. The minimum Gasteiger partial charge on any atom is -0.298 e. The molecular weight excluding hydrogens is 275 g/mol. The molecule has 0 heterocycles. The van der Waals surface area contributed by atoms with Gasteiger partial charge in [-0.2, -0.15) is 5.26 Å². The Morgan fingerprint density at radius 1 is 1.41 bits per heavy atom. The van der Waals surface area contributed by atoms with E-state index in [4.69, 9.17) is 28.5 Å². The number of thioether (sulfide) groups is 1. The number of hydrogen-bond donors (Lipinski definition) is 1. The fourth-order valence-electron chi connectivity index (χ4n) is 1.40. The summed E-state index contributed by atoms with van der Waals surface area (Å²) in [7, 11) is 0. The van der Waals surface area contributed by atoms with E-state index in [1.165, 1.54) is 12.8 Å². The summed E-state index contributed by atoms with van der Waals surface area (Å²) in [5.41, 5.74) is 0. The fraction of sp³-hybridized carbons (Fsp3) is 0.417. The lowest BCUT2D eigenvalue weighted by Crippen LogP contribution is -2.31. The zero-order valence-electron chi connectivity index (χ0n) is 9.12. The van der Waals surface area contributed by atoms with E-state index < -0.39 is 0 Å². The lowest BCUT2D eigenvalue weighted by Gasteiger charge is -2.10. The summed E-state index contributed by atoms with van der Waals surface area (Å²) in [6, 6.07) is 8.27. The molecule has 1 aromatic carbocycles. The monoisotopic (exact) mass is 286 g/mol. The van der Waals surface area contributed by atoms with Crippen molar-refractivity contribution in [3.05, 3.63) is 28.2 Å². The van der Waals surface area contributed by atoms with Crippen LogP contribution >= 0.6 is 35.0 Å². The third-order valence-electron chi connectivity index (χ3n) is 2.48. The fourth-order valence-corrected chi connectivity index (χ4v) is 2.66. The highest BCUT2D eigenvalue weighted by Gasteiger charge is 2.24. The quantitative estimate of drug-likeness (QED) is 0.838. The van der Waals surface area contributed by atoms with Crippen LogP contribution in [-0.4, -0.2) is 17.8 Å². The second-order valence-electron chi connectivity index (χ2n) is 4.01. The molecule has 1 aliphatic rings. The van der Waals surface area contributed by atoms with Gasteiger partial charge in [0, 0.05) is 16.7 Å². The second kappa shape index (κ2) is 5.97. The first kappa shape index (κ1) is 13.0.